The number of aromatic nitrogens is 2. The minimum Gasteiger partial charge on any atom is -0.345 e. The van der Waals surface area contributed by atoms with E-state index in [2.05, 4.69) is 38.6 Å². The molecule has 3 rings (SSSR count). The van der Waals surface area contributed by atoms with Crippen molar-refractivity contribution >= 4 is 0 Å². The molecule has 0 spiro atoms. The fraction of sp³-hybridized carbons (Fsp3) is 0.786. The zero-order valence-electron chi connectivity index (χ0n) is 12.1. The van der Waals surface area contributed by atoms with Gasteiger partial charge in [-0.05, 0) is 20.4 Å². The SMILES string of the molecule is Cc1cnc(CN2CCC(N3CCN(C)CC3)C2)[nH]1. The van der Waals surface area contributed by atoms with Crippen molar-refractivity contribution in [2.45, 2.75) is 25.9 Å². The third kappa shape index (κ3) is 3.16. The van der Waals surface area contributed by atoms with Gasteiger partial charge in [0.25, 0.3) is 0 Å². The van der Waals surface area contributed by atoms with E-state index < -0.39 is 0 Å². The van der Waals surface area contributed by atoms with Crippen LogP contribution in [0.5, 0.6) is 0 Å². The number of likely N-dealkylation sites (tertiary alicyclic amines) is 1. The van der Waals surface area contributed by atoms with Crippen LogP contribution in [0.15, 0.2) is 6.20 Å². The van der Waals surface area contributed by atoms with Crippen LogP contribution in [0.25, 0.3) is 0 Å². The van der Waals surface area contributed by atoms with Crippen molar-refractivity contribution in [3.63, 3.8) is 0 Å². The molecule has 0 amide bonds. The summed E-state index contributed by atoms with van der Waals surface area (Å²) in [7, 11) is 2.22. The largest absolute Gasteiger partial charge is 0.345 e. The Hall–Kier alpha value is -0.910. The molecule has 2 saturated heterocycles. The van der Waals surface area contributed by atoms with Gasteiger partial charge in [-0.3, -0.25) is 9.80 Å². The van der Waals surface area contributed by atoms with Gasteiger partial charge in [-0.2, -0.15) is 0 Å². The molecular formula is C14H25N5. The Kier molecular flexibility index (Phi) is 3.86. The molecule has 5 heteroatoms. The summed E-state index contributed by atoms with van der Waals surface area (Å²) in [6.45, 7) is 10.3. The molecule has 5 nitrogen and oxygen atoms in total. The number of H-pyrrole nitrogens is 1. The molecule has 1 atom stereocenters. The Labute approximate surface area is 115 Å². The standard InChI is InChI=1S/C14H25N5/c1-12-9-15-14(16-12)11-18-4-3-13(10-18)19-7-5-17(2)6-8-19/h9,13H,3-8,10-11H2,1-2H3,(H,15,16). The van der Waals surface area contributed by atoms with Crippen molar-refractivity contribution in [2.24, 2.45) is 0 Å². The van der Waals surface area contributed by atoms with Gasteiger partial charge in [0.05, 0.1) is 6.54 Å². The minimum atomic E-state index is 0.754. The van der Waals surface area contributed by atoms with Crippen molar-refractivity contribution in [1.29, 1.82) is 0 Å². The molecule has 1 aromatic heterocycles. The molecule has 0 saturated carbocycles. The zero-order chi connectivity index (χ0) is 13.2. The molecule has 0 radical (unpaired) electrons. The van der Waals surface area contributed by atoms with Crippen molar-refractivity contribution in [3.05, 3.63) is 17.7 Å². The van der Waals surface area contributed by atoms with E-state index in [1.165, 1.54) is 45.7 Å². The quantitative estimate of drug-likeness (QED) is 0.864. The van der Waals surface area contributed by atoms with Crippen molar-refractivity contribution in [2.75, 3.05) is 46.3 Å². The van der Waals surface area contributed by atoms with Crippen molar-refractivity contribution in [1.82, 2.24) is 24.7 Å². The maximum absolute atomic E-state index is 4.41. The van der Waals surface area contributed by atoms with Crippen molar-refractivity contribution in [3.8, 4) is 0 Å². The summed E-state index contributed by atoms with van der Waals surface area (Å²) in [4.78, 5) is 15.4. The maximum atomic E-state index is 4.41. The highest BCUT2D eigenvalue weighted by molar-refractivity contribution is 4.99. The lowest BCUT2D eigenvalue weighted by atomic mass is 10.2. The van der Waals surface area contributed by atoms with E-state index >= 15 is 0 Å². The number of likely N-dealkylation sites (N-methyl/N-ethyl adjacent to an activating group) is 1. The number of hydrogen-bond donors (Lipinski definition) is 1. The number of aromatic amines is 1. The fourth-order valence-corrected chi connectivity index (χ4v) is 3.20. The smallest absolute Gasteiger partial charge is 0.120 e. The maximum Gasteiger partial charge on any atom is 0.120 e. The van der Waals surface area contributed by atoms with Crippen molar-refractivity contribution < 1.29 is 0 Å². The van der Waals surface area contributed by atoms with Gasteiger partial charge < -0.3 is 9.88 Å². The lowest BCUT2D eigenvalue weighted by Crippen LogP contribution is -2.49. The van der Waals surface area contributed by atoms with Gasteiger partial charge in [-0.1, -0.05) is 0 Å². The Morgan fingerprint density at radius 1 is 1.26 bits per heavy atom. The van der Waals surface area contributed by atoms with E-state index in [0.29, 0.717) is 0 Å². The first-order valence-electron chi connectivity index (χ1n) is 7.36. The van der Waals surface area contributed by atoms with Crippen LogP contribution >= 0.6 is 0 Å². The van der Waals surface area contributed by atoms with Gasteiger partial charge in [0.2, 0.25) is 0 Å². The second-order valence-corrected chi connectivity index (χ2v) is 6.03. The molecule has 1 unspecified atom stereocenters. The summed E-state index contributed by atoms with van der Waals surface area (Å²) in [5, 5.41) is 0. The number of rotatable bonds is 3. The number of piperazine rings is 1. The van der Waals surface area contributed by atoms with E-state index in [1.54, 1.807) is 0 Å². The molecule has 0 bridgehead atoms. The van der Waals surface area contributed by atoms with Gasteiger partial charge in [-0.15, -0.1) is 0 Å². The predicted octanol–water partition coefficient (Wildman–Crippen LogP) is 0.540. The van der Waals surface area contributed by atoms with Crippen LogP contribution in [0, 0.1) is 6.92 Å². The Morgan fingerprint density at radius 3 is 2.74 bits per heavy atom. The highest BCUT2D eigenvalue weighted by Crippen LogP contribution is 2.18. The number of nitrogens with one attached hydrogen (secondary N) is 1. The topological polar surface area (TPSA) is 38.4 Å². The molecule has 19 heavy (non-hydrogen) atoms. The summed E-state index contributed by atoms with van der Waals surface area (Å²) in [6.07, 6.45) is 3.23. The summed E-state index contributed by atoms with van der Waals surface area (Å²) < 4.78 is 0. The van der Waals surface area contributed by atoms with Gasteiger partial charge in [0.15, 0.2) is 0 Å². The van der Waals surface area contributed by atoms with E-state index in [9.17, 15) is 0 Å². The molecule has 2 aliphatic heterocycles. The third-order valence-electron chi connectivity index (χ3n) is 4.43. The van der Waals surface area contributed by atoms with Gasteiger partial charge in [0.1, 0.15) is 5.82 Å². The number of imidazole rings is 1. The van der Waals surface area contributed by atoms with Crippen LogP contribution in [0.4, 0.5) is 0 Å². The van der Waals surface area contributed by atoms with Crippen LogP contribution in [0.1, 0.15) is 17.9 Å². The summed E-state index contributed by atoms with van der Waals surface area (Å²) in [5.41, 5.74) is 1.16. The van der Waals surface area contributed by atoms with Crippen LogP contribution in [0.2, 0.25) is 0 Å². The molecule has 1 aromatic rings. The fourth-order valence-electron chi connectivity index (χ4n) is 3.20. The number of hydrogen-bond acceptors (Lipinski definition) is 4. The Morgan fingerprint density at radius 2 is 2.05 bits per heavy atom. The molecule has 0 aliphatic carbocycles. The van der Waals surface area contributed by atoms with Crippen LogP contribution in [-0.2, 0) is 6.54 Å². The molecular weight excluding hydrogens is 238 g/mol. The first kappa shape index (κ1) is 13.1. The average molecular weight is 263 g/mol. The Balaban J connectivity index is 1.50. The number of nitrogens with zero attached hydrogens (tertiary/aromatic N) is 4. The van der Waals surface area contributed by atoms with Gasteiger partial charge >= 0.3 is 0 Å². The normalized spacial score (nSPS) is 27.2. The minimum absolute atomic E-state index is 0.754. The summed E-state index contributed by atoms with van der Waals surface area (Å²) in [6, 6.07) is 0.754. The summed E-state index contributed by atoms with van der Waals surface area (Å²) in [5.74, 6) is 1.11. The van der Waals surface area contributed by atoms with Gasteiger partial charge in [-0.25, -0.2) is 4.98 Å². The second kappa shape index (κ2) is 5.61. The first-order valence-corrected chi connectivity index (χ1v) is 7.36. The first-order chi connectivity index (χ1) is 9.20. The molecule has 2 fully saturated rings. The lowest BCUT2D eigenvalue weighted by Gasteiger charge is -2.36. The highest BCUT2D eigenvalue weighted by Gasteiger charge is 2.29. The molecule has 106 valence electrons. The summed E-state index contributed by atoms with van der Waals surface area (Å²) >= 11 is 0. The molecule has 1 N–H and O–H groups in total. The molecule has 2 aliphatic rings. The third-order valence-corrected chi connectivity index (χ3v) is 4.43. The number of aryl methyl sites for hydroxylation is 1. The molecule has 3 heterocycles. The average Bonchev–Trinajstić information content (AvgIpc) is 3.00. The monoisotopic (exact) mass is 263 g/mol. The van der Waals surface area contributed by atoms with Crippen LogP contribution in [0.3, 0.4) is 0 Å². The Bertz CT molecular complexity index is 408. The lowest BCUT2D eigenvalue weighted by molar-refractivity contribution is 0.112. The second-order valence-electron chi connectivity index (χ2n) is 6.03. The van der Waals surface area contributed by atoms with Crippen LogP contribution in [-0.4, -0.2) is 77.0 Å². The van der Waals surface area contributed by atoms with Crippen LogP contribution < -0.4 is 0 Å². The van der Waals surface area contributed by atoms with E-state index in [4.69, 9.17) is 0 Å². The zero-order valence-corrected chi connectivity index (χ0v) is 12.1. The van der Waals surface area contributed by atoms with E-state index in [1.807, 2.05) is 6.20 Å². The van der Waals surface area contributed by atoms with E-state index in [0.717, 1.165) is 24.1 Å². The van der Waals surface area contributed by atoms with Gasteiger partial charge in [0, 0.05) is 57.2 Å². The highest BCUT2D eigenvalue weighted by atomic mass is 15.3. The predicted molar refractivity (Wildman–Crippen MR) is 76.1 cm³/mol. The van der Waals surface area contributed by atoms with E-state index in [-0.39, 0.29) is 0 Å². The molecule has 0 aromatic carbocycles.